The van der Waals surface area contributed by atoms with E-state index in [1.165, 1.54) is 10.5 Å². The monoisotopic (exact) mass is 365 g/mol. The lowest BCUT2D eigenvalue weighted by Gasteiger charge is -2.27. The van der Waals surface area contributed by atoms with Crippen molar-refractivity contribution in [3.63, 3.8) is 0 Å². The van der Waals surface area contributed by atoms with Crippen molar-refractivity contribution in [1.82, 2.24) is 4.90 Å². The van der Waals surface area contributed by atoms with Crippen molar-refractivity contribution < 1.29 is 14.3 Å². The van der Waals surface area contributed by atoms with Crippen LogP contribution < -0.4 is 0 Å². The molecule has 0 aliphatic carbocycles. The van der Waals surface area contributed by atoms with Crippen molar-refractivity contribution >= 4 is 12.0 Å². The molecule has 0 N–H and O–H groups in total. The summed E-state index contributed by atoms with van der Waals surface area (Å²) in [6, 6.07) is 18.4. The quantitative estimate of drug-likeness (QED) is 0.763. The zero-order valence-corrected chi connectivity index (χ0v) is 16.4. The average Bonchev–Trinajstić information content (AvgIpc) is 2.89. The molecule has 2 aromatic carbocycles. The van der Waals surface area contributed by atoms with Gasteiger partial charge in [0, 0.05) is 12.0 Å². The fraction of sp³-hybridized carbons (Fsp3) is 0.391. The zero-order chi connectivity index (χ0) is 19.6. The Morgan fingerprint density at radius 3 is 2.22 bits per heavy atom. The molecule has 3 rings (SSSR count). The molecule has 142 valence electrons. The minimum absolute atomic E-state index is 0.143. The van der Waals surface area contributed by atoms with E-state index in [1.807, 2.05) is 45.9 Å². The number of ether oxygens (including phenoxy) is 1. The van der Waals surface area contributed by atoms with Gasteiger partial charge in [0.2, 0.25) is 5.91 Å². The van der Waals surface area contributed by atoms with E-state index in [-0.39, 0.29) is 17.9 Å². The number of carbonyl (C=O) groups excluding carboxylic acids is 2. The van der Waals surface area contributed by atoms with Crippen LogP contribution in [0.3, 0.4) is 0 Å². The van der Waals surface area contributed by atoms with Gasteiger partial charge in [-0.1, -0.05) is 61.5 Å². The third-order valence-electron chi connectivity index (χ3n) is 4.77. The highest BCUT2D eigenvalue weighted by Gasteiger charge is 2.42. The topological polar surface area (TPSA) is 46.6 Å². The van der Waals surface area contributed by atoms with Crippen LogP contribution in [-0.2, 0) is 16.0 Å². The number of likely N-dealkylation sites (tertiary alicyclic amines) is 1. The van der Waals surface area contributed by atoms with Gasteiger partial charge in [0.25, 0.3) is 0 Å². The number of nitrogens with zero attached hydrogens (tertiary/aromatic N) is 1. The molecule has 27 heavy (non-hydrogen) atoms. The van der Waals surface area contributed by atoms with Gasteiger partial charge in [-0.25, -0.2) is 9.69 Å². The summed E-state index contributed by atoms with van der Waals surface area (Å²) in [4.78, 5) is 26.4. The van der Waals surface area contributed by atoms with E-state index in [0.29, 0.717) is 12.8 Å². The Hall–Kier alpha value is -2.62. The van der Waals surface area contributed by atoms with Crippen LogP contribution in [0, 0.1) is 5.92 Å². The summed E-state index contributed by atoms with van der Waals surface area (Å²) in [6.45, 7) is 7.31. The Labute approximate surface area is 161 Å². The molecule has 1 fully saturated rings. The highest BCUT2D eigenvalue weighted by Crippen LogP contribution is 2.29. The van der Waals surface area contributed by atoms with Gasteiger partial charge >= 0.3 is 6.09 Å². The molecule has 1 saturated heterocycles. The Balaban J connectivity index is 1.75. The lowest BCUT2D eigenvalue weighted by Crippen LogP contribution is -2.43. The maximum Gasteiger partial charge on any atom is 0.417 e. The summed E-state index contributed by atoms with van der Waals surface area (Å²) < 4.78 is 5.45. The smallest absolute Gasteiger partial charge is 0.417 e. The van der Waals surface area contributed by atoms with Gasteiger partial charge in [-0.3, -0.25) is 4.79 Å². The molecule has 1 unspecified atom stereocenters. The second kappa shape index (κ2) is 7.55. The largest absolute Gasteiger partial charge is 0.443 e. The molecule has 4 nitrogen and oxygen atoms in total. The molecular weight excluding hydrogens is 338 g/mol. The molecule has 2 amide bonds. The summed E-state index contributed by atoms with van der Waals surface area (Å²) in [5.41, 5.74) is 2.81. The number of benzene rings is 2. The number of carbonyl (C=O) groups is 2. The third kappa shape index (κ3) is 4.57. The number of hydrogen-bond acceptors (Lipinski definition) is 3. The highest BCUT2D eigenvalue weighted by molar-refractivity contribution is 5.95. The van der Waals surface area contributed by atoms with E-state index in [0.717, 1.165) is 11.1 Å². The van der Waals surface area contributed by atoms with E-state index < -0.39 is 11.7 Å². The SMILES string of the molecule is C[C@H]1CC(Cc2ccc(-c3ccccc3)cc2)N(C(=O)OC(C)(C)C)C1=O. The molecule has 0 saturated carbocycles. The fourth-order valence-electron chi connectivity index (χ4n) is 3.49. The standard InChI is InChI=1S/C23H27NO3/c1-16-14-20(24(21(16)25)22(26)27-23(2,3)4)15-17-10-12-19(13-11-17)18-8-6-5-7-9-18/h5-13,16,20H,14-15H2,1-4H3/t16-,20?/m0/s1. The molecule has 2 atom stereocenters. The minimum atomic E-state index is -0.620. The van der Waals surface area contributed by atoms with Crippen LogP contribution in [0.25, 0.3) is 11.1 Å². The van der Waals surface area contributed by atoms with Gasteiger partial charge < -0.3 is 4.74 Å². The molecular formula is C23H27NO3. The van der Waals surface area contributed by atoms with Crippen LogP contribution in [0.2, 0.25) is 0 Å². The summed E-state index contributed by atoms with van der Waals surface area (Å²) in [7, 11) is 0. The summed E-state index contributed by atoms with van der Waals surface area (Å²) in [5, 5.41) is 0. The van der Waals surface area contributed by atoms with Gasteiger partial charge in [-0.15, -0.1) is 0 Å². The number of amides is 2. The molecule has 0 bridgehead atoms. The van der Waals surface area contributed by atoms with E-state index in [1.54, 1.807) is 0 Å². The molecule has 1 aliphatic heterocycles. The van der Waals surface area contributed by atoms with E-state index in [4.69, 9.17) is 4.74 Å². The zero-order valence-electron chi connectivity index (χ0n) is 16.4. The maximum atomic E-state index is 12.5. The first-order chi connectivity index (χ1) is 12.7. The lowest BCUT2D eigenvalue weighted by molar-refractivity contribution is -0.130. The maximum absolute atomic E-state index is 12.5. The van der Waals surface area contributed by atoms with Crippen LogP contribution in [0.15, 0.2) is 54.6 Å². The number of hydrogen-bond donors (Lipinski definition) is 0. The normalized spacial score (nSPS) is 20.0. The Kier molecular flexibility index (Phi) is 5.36. The van der Waals surface area contributed by atoms with Crippen molar-refractivity contribution in [2.24, 2.45) is 5.92 Å². The van der Waals surface area contributed by atoms with Crippen LogP contribution in [-0.4, -0.2) is 28.5 Å². The Morgan fingerprint density at radius 1 is 1.04 bits per heavy atom. The average molecular weight is 365 g/mol. The molecule has 0 spiro atoms. The predicted molar refractivity (Wildman–Crippen MR) is 106 cm³/mol. The van der Waals surface area contributed by atoms with Crippen molar-refractivity contribution in [3.8, 4) is 11.1 Å². The number of rotatable bonds is 3. The molecule has 1 heterocycles. The first kappa shape index (κ1) is 19.2. The summed E-state index contributed by atoms with van der Waals surface area (Å²) >= 11 is 0. The number of imide groups is 1. The van der Waals surface area contributed by atoms with E-state index >= 15 is 0 Å². The van der Waals surface area contributed by atoms with Crippen molar-refractivity contribution in [3.05, 3.63) is 60.2 Å². The fourth-order valence-corrected chi connectivity index (χ4v) is 3.49. The molecule has 2 aromatic rings. The third-order valence-corrected chi connectivity index (χ3v) is 4.77. The van der Waals surface area contributed by atoms with E-state index in [9.17, 15) is 9.59 Å². The molecule has 1 aliphatic rings. The van der Waals surface area contributed by atoms with Gasteiger partial charge in [0.05, 0.1) is 0 Å². The van der Waals surface area contributed by atoms with Crippen molar-refractivity contribution in [2.75, 3.05) is 0 Å². The van der Waals surface area contributed by atoms with Crippen LogP contribution in [0.5, 0.6) is 0 Å². The first-order valence-electron chi connectivity index (χ1n) is 9.45. The molecule has 0 radical (unpaired) electrons. The highest BCUT2D eigenvalue weighted by atomic mass is 16.6. The molecule has 4 heteroatoms. The summed E-state index contributed by atoms with van der Waals surface area (Å²) in [5.74, 6) is -0.304. The van der Waals surface area contributed by atoms with Gasteiger partial charge in [0.1, 0.15) is 5.60 Å². The van der Waals surface area contributed by atoms with Gasteiger partial charge in [-0.05, 0) is 50.3 Å². The summed E-state index contributed by atoms with van der Waals surface area (Å²) in [6.07, 6.45) is 0.769. The predicted octanol–water partition coefficient (Wildman–Crippen LogP) is 5.07. The second-order valence-corrected chi connectivity index (χ2v) is 8.25. The van der Waals surface area contributed by atoms with Gasteiger partial charge in [-0.2, -0.15) is 0 Å². The van der Waals surface area contributed by atoms with Crippen LogP contribution in [0.4, 0.5) is 4.79 Å². The van der Waals surface area contributed by atoms with Gasteiger partial charge in [0.15, 0.2) is 0 Å². The van der Waals surface area contributed by atoms with Crippen LogP contribution >= 0.6 is 0 Å². The molecule has 0 aromatic heterocycles. The first-order valence-corrected chi connectivity index (χ1v) is 9.45. The van der Waals surface area contributed by atoms with Crippen LogP contribution in [0.1, 0.15) is 39.7 Å². The minimum Gasteiger partial charge on any atom is -0.443 e. The lowest BCUT2D eigenvalue weighted by atomic mass is 9.98. The van der Waals surface area contributed by atoms with Crippen molar-refractivity contribution in [2.45, 2.75) is 52.2 Å². The second-order valence-electron chi connectivity index (χ2n) is 8.25. The Morgan fingerprint density at radius 2 is 1.63 bits per heavy atom. The van der Waals surface area contributed by atoms with E-state index in [2.05, 4.69) is 36.4 Å². The van der Waals surface area contributed by atoms with Crippen molar-refractivity contribution in [1.29, 1.82) is 0 Å². The Bertz CT molecular complexity index is 806.